The second-order valence-corrected chi connectivity index (χ2v) is 12.4. The molecule has 2 aromatic carbocycles. The zero-order valence-electron chi connectivity index (χ0n) is 18.6. The smallest absolute Gasteiger partial charge is 0.316 e. The molecule has 2 rings (SSSR count). The molecule has 0 saturated carbocycles. The van der Waals surface area contributed by atoms with Crippen LogP contribution in [0.25, 0.3) is 16.8 Å². The Balaban J connectivity index is 2.37. The summed E-state index contributed by atoms with van der Waals surface area (Å²) in [6, 6.07) is 11.9. The Morgan fingerprint density at radius 1 is 1.03 bits per heavy atom. The number of aliphatic carboxylic acids is 1. The first-order valence-corrected chi connectivity index (χ1v) is 11.3. The average Bonchev–Trinajstić information content (AvgIpc) is 2.62. The van der Waals surface area contributed by atoms with Gasteiger partial charge in [0.1, 0.15) is 5.41 Å². The fourth-order valence-electron chi connectivity index (χ4n) is 2.99. The summed E-state index contributed by atoms with van der Waals surface area (Å²) < 4.78 is 6.20. The van der Waals surface area contributed by atoms with E-state index >= 15 is 0 Å². The summed E-state index contributed by atoms with van der Waals surface area (Å²) in [6.07, 6.45) is 3.07. The first-order chi connectivity index (χ1) is 13.2. The lowest BCUT2D eigenvalue weighted by atomic mass is 9.75. The normalized spacial score (nSPS) is 16.6. The molecule has 0 amide bonds. The third kappa shape index (κ3) is 5.56. The molecule has 4 nitrogen and oxygen atoms in total. The highest BCUT2D eigenvalue weighted by Gasteiger charge is 2.46. The van der Waals surface area contributed by atoms with Crippen molar-refractivity contribution < 1.29 is 19.4 Å². The highest BCUT2D eigenvalue weighted by atomic mass is 28.2. The average molecular weight is 415 g/mol. The number of carbonyl (C=O) groups is 1. The molecule has 0 aliphatic carbocycles. The molecule has 0 heterocycles. The predicted octanol–water partition coefficient (Wildman–Crippen LogP) is 5.09. The molecule has 2 aromatic rings. The monoisotopic (exact) mass is 414 g/mol. The second-order valence-electron chi connectivity index (χ2n) is 9.74. The van der Waals surface area contributed by atoms with Gasteiger partial charge in [-0.2, -0.15) is 0 Å². The lowest BCUT2D eigenvalue weighted by Gasteiger charge is -2.40. The van der Waals surface area contributed by atoms with Crippen LogP contribution in [0.2, 0.25) is 5.04 Å². The number of benzene rings is 2. The van der Waals surface area contributed by atoms with E-state index in [9.17, 15) is 15.0 Å². The molecule has 2 atom stereocenters. The van der Waals surface area contributed by atoms with Gasteiger partial charge in [0.25, 0.3) is 0 Å². The van der Waals surface area contributed by atoms with Crippen molar-refractivity contribution >= 4 is 32.6 Å². The van der Waals surface area contributed by atoms with Crippen LogP contribution >= 0.6 is 0 Å². The molecule has 0 radical (unpaired) electrons. The summed E-state index contributed by atoms with van der Waals surface area (Å²) in [5.74, 6) is -0.904. The fraction of sp³-hybridized carbons (Fsp3) is 0.458. The van der Waals surface area contributed by atoms with E-state index in [0.717, 1.165) is 21.9 Å². The number of fused-ring (bicyclic) bond motifs is 1. The number of hydrogen-bond donors (Lipinski definition) is 2. The van der Waals surface area contributed by atoms with Crippen LogP contribution in [0.1, 0.15) is 65.7 Å². The molecular weight excluding hydrogens is 380 g/mol. The number of hydrogen-bond acceptors (Lipinski definition) is 3. The van der Waals surface area contributed by atoms with Gasteiger partial charge in [-0.15, -0.1) is 0 Å². The number of rotatable bonds is 7. The van der Waals surface area contributed by atoms with E-state index in [2.05, 4.69) is 20.8 Å². The summed E-state index contributed by atoms with van der Waals surface area (Å²) in [7, 11) is -0.907. The zero-order valence-corrected chi connectivity index (χ0v) is 20.0. The van der Waals surface area contributed by atoms with E-state index in [1.54, 1.807) is 19.9 Å². The lowest BCUT2D eigenvalue weighted by molar-refractivity contribution is -0.154. The van der Waals surface area contributed by atoms with Crippen molar-refractivity contribution in [1.29, 1.82) is 0 Å². The molecular formula is C24H34O4Si. The quantitative estimate of drug-likeness (QED) is 0.619. The Morgan fingerprint density at radius 2 is 1.66 bits per heavy atom. The van der Waals surface area contributed by atoms with Gasteiger partial charge in [-0.25, -0.2) is 0 Å². The van der Waals surface area contributed by atoms with Crippen LogP contribution in [0.3, 0.4) is 0 Å². The highest BCUT2D eigenvalue weighted by molar-refractivity contribution is 6.31. The van der Waals surface area contributed by atoms with Crippen LogP contribution in [-0.2, 0) is 9.22 Å². The van der Waals surface area contributed by atoms with Crippen LogP contribution in [-0.4, -0.2) is 31.5 Å². The molecule has 5 heteroatoms. The molecule has 29 heavy (non-hydrogen) atoms. The number of aliphatic hydroxyl groups is 1. The van der Waals surface area contributed by atoms with E-state index in [4.69, 9.17) is 4.43 Å². The van der Waals surface area contributed by atoms with Crippen LogP contribution in [0.5, 0.6) is 0 Å². The van der Waals surface area contributed by atoms with Gasteiger partial charge in [0, 0.05) is 0 Å². The number of carboxylic acid groups (broad SMARTS) is 1. The maximum Gasteiger partial charge on any atom is 0.316 e. The minimum absolute atomic E-state index is 0.0836. The topological polar surface area (TPSA) is 66.8 Å². The van der Waals surface area contributed by atoms with Crippen molar-refractivity contribution in [2.45, 2.75) is 65.2 Å². The molecule has 0 bridgehead atoms. The van der Waals surface area contributed by atoms with Gasteiger partial charge in [0.15, 0.2) is 9.76 Å². The van der Waals surface area contributed by atoms with Gasteiger partial charge in [0.05, 0.1) is 11.7 Å². The van der Waals surface area contributed by atoms with Crippen molar-refractivity contribution in [3.63, 3.8) is 0 Å². The van der Waals surface area contributed by atoms with Crippen molar-refractivity contribution in [3.05, 3.63) is 53.6 Å². The Morgan fingerprint density at radius 3 is 2.21 bits per heavy atom. The van der Waals surface area contributed by atoms with Crippen LogP contribution in [0.15, 0.2) is 42.5 Å². The maximum absolute atomic E-state index is 12.2. The second kappa shape index (κ2) is 8.42. The molecule has 0 aliphatic heterocycles. The van der Waals surface area contributed by atoms with Gasteiger partial charge in [-0.3, -0.25) is 4.79 Å². The third-order valence-corrected chi connectivity index (χ3v) is 7.27. The summed E-state index contributed by atoms with van der Waals surface area (Å²) in [5, 5.41) is 22.0. The molecule has 0 saturated heterocycles. The molecule has 0 fully saturated rings. The molecule has 2 N–H and O–H groups in total. The minimum Gasteiger partial charge on any atom is -0.481 e. The fourth-order valence-corrected chi connectivity index (χ4v) is 4.08. The summed E-state index contributed by atoms with van der Waals surface area (Å²) in [4.78, 5) is 12.2. The lowest BCUT2D eigenvalue weighted by Crippen LogP contribution is -2.49. The molecule has 158 valence electrons. The molecule has 0 spiro atoms. The Bertz CT molecular complexity index is 909. The van der Waals surface area contributed by atoms with E-state index in [1.165, 1.54) is 0 Å². The first kappa shape index (κ1) is 23.3. The molecule has 0 unspecified atom stereocenters. The minimum atomic E-state index is -1.17. The Kier molecular flexibility index (Phi) is 6.77. The van der Waals surface area contributed by atoms with Crippen LogP contribution in [0.4, 0.5) is 0 Å². The largest absolute Gasteiger partial charge is 0.481 e. The van der Waals surface area contributed by atoms with Gasteiger partial charge >= 0.3 is 5.97 Å². The summed E-state index contributed by atoms with van der Waals surface area (Å²) in [6.45, 7) is 13.6. The first-order valence-electron chi connectivity index (χ1n) is 10.0. The number of aliphatic hydroxyl groups excluding tert-OH is 1. The third-order valence-electron chi connectivity index (χ3n) is 5.54. The zero-order chi connectivity index (χ0) is 22.0. The van der Waals surface area contributed by atoms with Crippen LogP contribution < -0.4 is 0 Å². The Hall–Kier alpha value is -1.95. The van der Waals surface area contributed by atoms with E-state index < -0.39 is 32.9 Å². The van der Waals surface area contributed by atoms with Crippen molar-refractivity contribution in [2.24, 2.45) is 5.41 Å². The van der Waals surface area contributed by atoms with Gasteiger partial charge in [-0.1, -0.05) is 57.2 Å². The van der Waals surface area contributed by atoms with E-state index in [-0.39, 0.29) is 5.04 Å². The van der Waals surface area contributed by atoms with E-state index in [0.29, 0.717) is 0 Å². The predicted molar refractivity (Wildman–Crippen MR) is 123 cm³/mol. The van der Waals surface area contributed by atoms with Crippen molar-refractivity contribution in [1.82, 2.24) is 0 Å². The van der Waals surface area contributed by atoms with Crippen molar-refractivity contribution in [3.8, 4) is 0 Å². The highest BCUT2D eigenvalue weighted by Crippen LogP contribution is 2.38. The van der Waals surface area contributed by atoms with Gasteiger partial charge in [0.2, 0.25) is 0 Å². The summed E-state index contributed by atoms with van der Waals surface area (Å²) in [5.41, 5.74) is -0.223. The SMILES string of the molecule is C[C@@H](O)c1ccc2ccc(C=C[C@@](C)(C(=O)O)C(C)(C)O[SiH2]C(C)(C)C)cc2c1. The maximum atomic E-state index is 12.2. The van der Waals surface area contributed by atoms with E-state index in [1.807, 2.05) is 56.3 Å². The van der Waals surface area contributed by atoms with Gasteiger partial charge < -0.3 is 14.6 Å². The van der Waals surface area contributed by atoms with Crippen LogP contribution in [0, 0.1) is 5.41 Å². The standard InChI is InChI=1S/C24H34O4Si/c1-16(25)19-11-10-18-9-8-17(14-20(18)15-19)12-13-24(7,21(26)27)23(5,6)28-29-22(2,3)4/h8-16,25H,29H2,1-7H3,(H,26,27)/t16-,24+/m1/s1. The Labute approximate surface area is 176 Å². The summed E-state index contributed by atoms with van der Waals surface area (Å²) >= 11 is 0. The molecule has 0 aromatic heterocycles. The molecule has 0 aliphatic rings. The van der Waals surface area contributed by atoms with Gasteiger partial charge in [-0.05, 0) is 66.8 Å². The van der Waals surface area contributed by atoms with Crippen molar-refractivity contribution in [2.75, 3.05) is 0 Å². The number of carboxylic acids is 1.